The van der Waals surface area contributed by atoms with Gasteiger partial charge in [-0.15, -0.1) is 4.52 Å². The Labute approximate surface area is 157 Å². The summed E-state index contributed by atoms with van der Waals surface area (Å²) in [5.41, 5.74) is -1.03. The number of aromatic amines is 1. The normalized spacial score (nSPS) is 24.0. The number of H-pyrrole nitrogens is 1. The van der Waals surface area contributed by atoms with Gasteiger partial charge in [0.15, 0.2) is 0 Å². The van der Waals surface area contributed by atoms with Crippen molar-refractivity contribution in [1.82, 2.24) is 14.6 Å². The molecule has 11 heteroatoms. The first-order chi connectivity index (χ1) is 12.7. The van der Waals surface area contributed by atoms with E-state index in [9.17, 15) is 18.9 Å². The fourth-order valence-electron chi connectivity index (χ4n) is 2.73. The van der Waals surface area contributed by atoms with Gasteiger partial charge in [-0.3, -0.25) is 19.1 Å². The molecule has 0 aliphatic carbocycles. The third-order valence-electron chi connectivity index (χ3n) is 3.96. The first-order valence-electron chi connectivity index (χ1n) is 8.71. The van der Waals surface area contributed by atoms with Crippen molar-refractivity contribution in [3.8, 4) is 0 Å². The summed E-state index contributed by atoms with van der Waals surface area (Å²) in [4.78, 5) is 37.0. The van der Waals surface area contributed by atoms with Gasteiger partial charge in [0.1, 0.15) is 18.9 Å². The molecular formula is C16H25N3O7P+. The molecule has 2 heterocycles. The fourth-order valence-corrected chi connectivity index (χ4v) is 3.52. The number of nitrogens with zero attached hydrogens (tertiary/aromatic N) is 1. The monoisotopic (exact) mass is 402 g/mol. The minimum atomic E-state index is -2.28. The average Bonchev–Trinajstić information content (AvgIpc) is 2.93. The van der Waals surface area contributed by atoms with Crippen LogP contribution in [0.2, 0.25) is 0 Å². The van der Waals surface area contributed by atoms with E-state index in [0.29, 0.717) is 6.42 Å². The molecule has 1 aliphatic heterocycles. The lowest BCUT2D eigenvalue weighted by Crippen LogP contribution is -2.33. The quantitative estimate of drug-likeness (QED) is 0.488. The topological polar surface area (TPSA) is 129 Å². The van der Waals surface area contributed by atoms with Gasteiger partial charge < -0.3 is 9.47 Å². The Morgan fingerprint density at radius 1 is 1.44 bits per heavy atom. The van der Waals surface area contributed by atoms with Crippen LogP contribution >= 0.6 is 8.18 Å². The number of hydrogen-bond acceptors (Lipinski definition) is 7. The van der Waals surface area contributed by atoms with Crippen LogP contribution in [0.25, 0.3) is 0 Å². The number of nitrogens with one attached hydrogen (secondary N) is 2. The van der Waals surface area contributed by atoms with Gasteiger partial charge in [-0.05, 0) is 31.8 Å². The van der Waals surface area contributed by atoms with E-state index in [1.54, 1.807) is 13.8 Å². The molecule has 1 saturated heterocycles. The van der Waals surface area contributed by atoms with Crippen molar-refractivity contribution in [2.24, 2.45) is 5.92 Å². The number of carbonyl (C=O) groups excluding carboxylic acids is 1. The zero-order valence-corrected chi connectivity index (χ0v) is 16.6. The highest BCUT2D eigenvalue weighted by atomic mass is 31.1. The van der Waals surface area contributed by atoms with Gasteiger partial charge in [-0.25, -0.2) is 4.79 Å². The number of esters is 1. The minimum absolute atomic E-state index is 0.00650. The molecule has 2 rings (SSSR count). The second kappa shape index (κ2) is 9.36. The summed E-state index contributed by atoms with van der Waals surface area (Å²) in [7, 11) is -2.28. The van der Waals surface area contributed by atoms with Crippen LogP contribution in [0.4, 0.5) is 0 Å². The zero-order valence-electron chi connectivity index (χ0n) is 15.7. The van der Waals surface area contributed by atoms with Crippen molar-refractivity contribution in [2.75, 3.05) is 6.61 Å². The van der Waals surface area contributed by atoms with E-state index >= 15 is 0 Å². The average molecular weight is 402 g/mol. The number of ether oxygens (including phenoxy) is 2. The predicted octanol–water partition coefficient (Wildman–Crippen LogP) is 1.06. The Bertz CT molecular complexity index is 791. The summed E-state index contributed by atoms with van der Waals surface area (Å²) in [6.07, 6.45) is 0.790. The smallest absolute Gasteiger partial charge is 0.462 e. The van der Waals surface area contributed by atoms with Gasteiger partial charge in [-0.2, -0.15) is 0 Å². The van der Waals surface area contributed by atoms with Gasteiger partial charge in [0.25, 0.3) is 5.56 Å². The van der Waals surface area contributed by atoms with E-state index in [1.165, 1.54) is 23.8 Å². The lowest BCUT2D eigenvalue weighted by atomic mass is 10.1. The Kier molecular flexibility index (Phi) is 7.43. The van der Waals surface area contributed by atoms with Gasteiger partial charge in [-0.1, -0.05) is 12.0 Å². The predicted molar refractivity (Wildman–Crippen MR) is 96.4 cm³/mol. The SMILES string of the molecule is CC(C)OC(=O)C(C)N[P+](=O)OCC1CC(C)C(n2ccc(=O)[nH]c2=O)O1. The van der Waals surface area contributed by atoms with Crippen molar-refractivity contribution in [1.29, 1.82) is 0 Å². The second-order valence-electron chi connectivity index (χ2n) is 6.77. The van der Waals surface area contributed by atoms with E-state index in [1.807, 2.05) is 6.92 Å². The van der Waals surface area contributed by atoms with Crippen LogP contribution in [-0.4, -0.2) is 40.4 Å². The largest absolute Gasteiger partial charge is 0.613 e. The summed E-state index contributed by atoms with van der Waals surface area (Å²) in [6, 6.07) is 0.478. The van der Waals surface area contributed by atoms with Crippen LogP contribution in [-0.2, 0) is 23.4 Å². The van der Waals surface area contributed by atoms with Crippen molar-refractivity contribution in [3.05, 3.63) is 33.1 Å². The van der Waals surface area contributed by atoms with E-state index in [0.717, 1.165) is 0 Å². The molecule has 0 radical (unpaired) electrons. The third kappa shape index (κ3) is 6.07. The molecule has 1 aromatic heterocycles. The van der Waals surface area contributed by atoms with Crippen LogP contribution in [0.3, 0.4) is 0 Å². The summed E-state index contributed by atoms with van der Waals surface area (Å²) < 4.78 is 29.4. The van der Waals surface area contributed by atoms with Crippen LogP contribution < -0.4 is 16.3 Å². The minimum Gasteiger partial charge on any atom is -0.462 e. The summed E-state index contributed by atoms with van der Waals surface area (Å²) in [5.74, 6) is -0.520. The molecule has 1 aromatic rings. The molecule has 2 N–H and O–H groups in total. The molecule has 10 nitrogen and oxygen atoms in total. The highest BCUT2D eigenvalue weighted by Crippen LogP contribution is 2.34. The first-order valence-corrected chi connectivity index (χ1v) is 9.89. The van der Waals surface area contributed by atoms with Crippen molar-refractivity contribution in [2.45, 2.75) is 58.6 Å². The molecule has 5 unspecified atom stereocenters. The third-order valence-corrected chi connectivity index (χ3v) is 4.94. The maximum Gasteiger partial charge on any atom is 0.613 e. The Morgan fingerprint density at radius 3 is 2.78 bits per heavy atom. The maximum absolute atomic E-state index is 12.0. The van der Waals surface area contributed by atoms with Crippen LogP contribution in [0.5, 0.6) is 0 Å². The van der Waals surface area contributed by atoms with Crippen LogP contribution in [0.15, 0.2) is 21.9 Å². The van der Waals surface area contributed by atoms with E-state index in [4.69, 9.17) is 14.0 Å². The molecule has 0 spiro atoms. The van der Waals surface area contributed by atoms with Gasteiger partial charge >= 0.3 is 19.8 Å². The Morgan fingerprint density at radius 2 is 2.15 bits per heavy atom. The van der Waals surface area contributed by atoms with Crippen molar-refractivity contribution in [3.63, 3.8) is 0 Å². The first kappa shape index (κ1) is 21.4. The summed E-state index contributed by atoms with van der Waals surface area (Å²) >= 11 is 0. The standard InChI is InChI=1S/C16H24N3O7P/c1-9(2)25-15(21)11(4)18-27(23)24-8-12-7-10(3)14(26-12)19-6-5-13(20)17-16(19)22/h5-6,9-12,14H,7-8H2,1-4H3,(H-,17,18,20,22,23)/p+1. The highest BCUT2D eigenvalue weighted by Gasteiger charge is 2.37. The van der Waals surface area contributed by atoms with Gasteiger partial charge in [0, 0.05) is 18.2 Å². The molecule has 1 fully saturated rings. The molecular weight excluding hydrogens is 377 g/mol. The zero-order chi connectivity index (χ0) is 20.1. The lowest BCUT2D eigenvalue weighted by Gasteiger charge is -2.17. The fraction of sp³-hybridized carbons (Fsp3) is 0.688. The Hall–Kier alpha value is -1.87. The number of rotatable bonds is 8. The van der Waals surface area contributed by atoms with Gasteiger partial charge in [0.05, 0.1) is 12.2 Å². The number of carbonyl (C=O) groups is 1. The van der Waals surface area contributed by atoms with Crippen LogP contribution in [0, 0.1) is 5.92 Å². The van der Waals surface area contributed by atoms with Crippen molar-refractivity contribution >= 4 is 14.1 Å². The molecule has 5 atom stereocenters. The second-order valence-corrected chi connectivity index (χ2v) is 7.80. The molecule has 27 heavy (non-hydrogen) atoms. The van der Waals surface area contributed by atoms with Crippen LogP contribution in [0.1, 0.15) is 40.3 Å². The van der Waals surface area contributed by atoms with Gasteiger partial charge in [0.2, 0.25) is 0 Å². The molecule has 0 bridgehead atoms. The lowest BCUT2D eigenvalue weighted by molar-refractivity contribution is -0.149. The van der Waals surface area contributed by atoms with Crippen molar-refractivity contribution < 1.29 is 23.4 Å². The van der Waals surface area contributed by atoms with E-state index in [-0.39, 0.29) is 24.7 Å². The molecule has 1 aliphatic rings. The highest BCUT2D eigenvalue weighted by molar-refractivity contribution is 7.36. The Balaban J connectivity index is 1.85. The maximum atomic E-state index is 12.0. The molecule has 0 saturated carbocycles. The van der Waals surface area contributed by atoms with E-state index < -0.39 is 37.7 Å². The molecule has 0 aromatic carbocycles. The molecule has 0 amide bonds. The summed E-state index contributed by atoms with van der Waals surface area (Å²) in [6.45, 7) is 6.93. The van der Waals surface area contributed by atoms with E-state index in [2.05, 4.69) is 10.1 Å². The number of hydrogen-bond donors (Lipinski definition) is 2. The summed E-state index contributed by atoms with van der Waals surface area (Å²) in [5, 5.41) is 2.54. The number of aromatic nitrogens is 2. The molecule has 150 valence electrons.